The Hall–Kier alpha value is -2.01. The normalized spacial score (nSPS) is 13.5. The summed E-state index contributed by atoms with van der Waals surface area (Å²) >= 11 is 0. The summed E-state index contributed by atoms with van der Waals surface area (Å²) < 4.78 is 5.93. The zero-order chi connectivity index (χ0) is 17.5. The first-order valence-corrected chi connectivity index (χ1v) is 8.68. The molecule has 1 aromatic carbocycles. The Bertz CT molecular complexity index is 677. The predicted octanol–water partition coefficient (Wildman–Crippen LogP) is 3.14. The highest BCUT2D eigenvalue weighted by atomic mass is 16.3. The quantitative estimate of drug-likeness (QED) is 0.605. The van der Waals surface area contributed by atoms with Crippen molar-refractivity contribution in [3.63, 3.8) is 0 Å². The maximum absolute atomic E-state index is 5.93. The molecule has 2 aromatic rings. The average Bonchev–Trinajstić information content (AvgIpc) is 2.93. The van der Waals surface area contributed by atoms with Gasteiger partial charge in [-0.05, 0) is 33.4 Å². The van der Waals surface area contributed by atoms with Gasteiger partial charge in [0, 0.05) is 37.1 Å². The third kappa shape index (κ3) is 4.51. The minimum Gasteiger partial charge on any atom is -0.459 e. The Kier molecular flexibility index (Phi) is 6.67. The summed E-state index contributed by atoms with van der Waals surface area (Å²) in [5.74, 6) is 1.75. The number of fused-ring (bicyclic) bond motifs is 1. The van der Waals surface area contributed by atoms with Gasteiger partial charge in [-0.25, -0.2) is 0 Å². The third-order valence-corrected chi connectivity index (χ3v) is 4.68. The standard InChI is InChI=1S/C19H30N4O/c1-6-14(2)23(5)12-11-21-19(20-4)22-13-18-15(3)16-9-7-8-10-17(16)24-18/h7-10,14H,6,11-13H2,1-5H3,(H2,20,21,22). The zero-order valence-corrected chi connectivity index (χ0v) is 15.5. The van der Waals surface area contributed by atoms with Crippen LogP contribution in [0.5, 0.6) is 0 Å². The molecule has 2 N–H and O–H groups in total. The minimum atomic E-state index is 0.597. The molecule has 0 radical (unpaired) electrons. The topological polar surface area (TPSA) is 52.8 Å². The van der Waals surface area contributed by atoms with Crippen LogP contribution in [0, 0.1) is 6.92 Å². The Labute approximate surface area is 145 Å². The number of hydrogen-bond donors (Lipinski definition) is 2. The van der Waals surface area contributed by atoms with Crippen LogP contribution >= 0.6 is 0 Å². The van der Waals surface area contributed by atoms with E-state index in [9.17, 15) is 0 Å². The molecule has 1 aromatic heterocycles. The fourth-order valence-corrected chi connectivity index (χ4v) is 2.66. The van der Waals surface area contributed by atoms with Crippen molar-refractivity contribution in [2.24, 2.45) is 4.99 Å². The first kappa shape index (κ1) is 18.3. The van der Waals surface area contributed by atoms with Crippen molar-refractivity contribution < 1.29 is 4.42 Å². The molecule has 24 heavy (non-hydrogen) atoms. The number of likely N-dealkylation sites (N-methyl/N-ethyl adjacent to an activating group) is 1. The van der Waals surface area contributed by atoms with Gasteiger partial charge in [0.15, 0.2) is 5.96 Å². The van der Waals surface area contributed by atoms with Gasteiger partial charge < -0.3 is 20.0 Å². The molecule has 5 nitrogen and oxygen atoms in total. The number of aryl methyl sites for hydroxylation is 1. The van der Waals surface area contributed by atoms with E-state index in [0.717, 1.165) is 36.8 Å². The van der Waals surface area contributed by atoms with Crippen molar-refractivity contribution >= 4 is 16.9 Å². The van der Waals surface area contributed by atoms with E-state index in [1.54, 1.807) is 7.05 Å². The van der Waals surface area contributed by atoms with Gasteiger partial charge in [-0.15, -0.1) is 0 Å². The van der Waals surface area contributed by atoms with Crippen molar-refractivity contribution in [3.05, 3.63) is 35.6 Å². The summed E-state index contributed by atoms with van der Waals surface area (Å²) in [7, 11) is 3.95. The highest BCUT2D eigenvalue weighted by Gasteiger charge is 2.10. The van der Waals surface area contributed by atoms with Gasteiger partial charge in [0.1, 0.15) is 11.3 Å². The summed E-state index contributed by atoms with van der Waals surface area (Å²) in [6, 6.07) is 8.73. The number of benzene rings is 1. The fourth-order valence-electron chi connectivity index (χ4n) is 2.66. The van der Waals surface area contributed by atoms with Crippen molar-refractivity contribution in [2.75, 3.05) is 27.2 Å². The van der Waals surface area contributed by atoms with Crippen molar-refractivity contribution in [1.82, 2.24) is 15.5 Å². The molecule has 2 rings (SSSR count). The molecule has 0 aliphatic rings. The number of nitrogens with zero attached hydrogens (tertiary/aromatic N) is 2. The molecule has 0 bridgehead atoms. The molecule has 1 unspecified atom stereocenters. The number of hydrogen-bond acceptors (Lipinski definition) is 3. The number of rotatable bonds is 7. The summed E-state index contributed by atoms with van der Waals surface area (Å²) in [5.41, 5.74) is 2.12. The zero-order valence-electron chi connectivity index (χ0n) is 15.5. The molecule has 0 fully saturated rings. The molecule has 0 saturated carbocycles. The molecule has 1 heterocycles. The Morgan fingerprint density at radius 2 is 2.04 bits per heavy atom. The minimum absolute atomic E-state index is 0.597. The molecular formula is C19H30N4O. The molecule has 0 amide bonds. The van der Waals surface area contributed by atoms with Crippen molar-refractivity contribution in [2.45, 2.75) is 39.8 Å². The summed E-state index contributed by atoms with van der Waals surface area (Å²) in [6.45, 7) is 9.03. The molecule has 0 aliphatic carbocycles. The molecule has 0 saturated heterocycles. The fraction of sp³-hybridized carbons (Fsp3) is 0.526. The summed E-state index contributed by atoms with van der Waals surface area (Å²) in [4.78, 5) is 6.63. The first-order valence-electron chi connectivity index (χ1n) is 8.68. The first-order chi connectivity index (χ1) is 11.6. The SMILES string of the molecule is CCC(C)N(C)CCNC(=NC)NCc1oc2ccccc2c1C. The van der Waals surface area contributed by atoms with E-state index in [0.29, 0.717) is 12.6 Å². The van der Waals surface area contributed by atoms with Gasteiger partial charge in [-0.3, -0.25) is 4.99 Å². The second-order valence-corrected chi connectivity index (χ2v) is 6.24. The summed E-state index contributed by atoms with van der Waals surface area (Å²) in [6.07, 6.45) is 1.16. The lowest BCUT2D eigenvalue weighted by molar-refractivity contribution is 0.255. The van der Waals surface area contributed by atoms with Crippen LogP contribution in [0.25, 0.3) is 11.0 Å². The smallest absolute Gasteiger partial charge is 0.191 e. The van der Waals surface area contributed by atoms with Crippen LogP contribution in [0.2, 0.25) is 0 Å². The third-order valence-electron chi connectivity index (χ3n) is 4.68. The lowest BCUT2D eigenvalue weighted by Gasteiger charge is -2.23. The maximum Gasteiger partial charge on any atom is 0.191 e. The molecule has 1 atom stereocenters. The van der Waals surface area contributed by atoms with Crippen molar-refractivity contribution in [3.8, 4) is 0 Å². The number of aliphatic imine (C=N–C) groups is 1. The number of guanidine groups is 1. The van der Waals surface area contributed by atoms with Gasteiger partial charge in [0.25, 0.3) is 0 Å². The average molecular weight is 330 g/mol. The van der Waals surface area contributed by atoms with E-state index in [1.165, 1.54) is 10.9 Å². The van der Waals surface area contributed by atoms with E-state index < -0.39 is 0 Å². The van der Waals surface area contributed by atoms with Gasteiger partial charge in [0.05, 0.1) is 6.54 Å². The lowest BCUT2D eigenvalue weighted by Crippen LogP contribution is -2.42. The molecule has 132 valence electrons. The van der Waals surface area contributed by atoms with E-state index in [2.05, 4.69) is 54.4 Å². The van der Waals surface area contributed by atoms with E-state index >= 15 is 0 Å². The molecular weight excluding hydrogens is 300 g/mol. The van der Waals surface area contributed by atoms with Gasteiger partial charge in [-0.2, -0.15) is 0 Å². The highest BCUT2D eigenvalue weighted by molar-refractivity contribution is 5.82. The number of para-hydroxylation sites is 1. The van der Waals surface area contributed by atoms with Crippen LogP contribution in [0.15, 0.2) is 33.7 Å². The van der Waals surface area contributed by atoms with Crippen LogP contribution in [-0.2, 0) is 6.54 Å². The highest BCUT2D eigenvalue weighted by Crippen LogP contribution is 2.24. The van der Waals surface area contributed by atoms with E-state index in [4.69, 9.17) is 4.42 Å². The Balaban J connectivity index is 1.86. The lowest BCUT2D eigenvalue weighted by atomic mass is 10.1. The van der Waals surface area contributed by atoms with Crippen LogP contribution in [0.3, 0.4) is 0 Å². The van der Waals surface area contributed by atoms with E-state index in [-0.39, 0.29) is 0 Å². The molecule has 5 heteroatoms. The Morgan fingerprint density at radius 3 is 2.71 bits per heavy atom. The maximum atomic E-state index is 5.93. The largest absolute Gasteiger partial charge is 0.459 e. The second kappa shape index (κ2) is 8.73. The van der Waals surface area contributed by atoms with Crippen LogP contribution < -0.4 is 10.6 Å². The predicted molar refractivity (Wildman–Crippen MR) is 102 cm³/mol. The molecule has 0 aliphatic heterocycles. The monoisotopic (exact) mass is 330 g/mol. The van der Waals surface area contributed by atoms with Crippen LogP contribution in [-0.4, -0.2) is 44.1 Å². The van der Waals surface area contributed by atoms with Crippen LogP contribution in [0.4, 0.5) is 0 Å². The number of nitrogens with one attached hydrogen (secondary N) is 2. The van der Waals surface area contributed by atoms with Crippen molar-refractivity contribution in [1.29, 1.82) is 0 Å². The van der Waals surface area contributed by atoms with Gasteiger partial charge >= 0.3 is 0 Å². The Morgan fingerprint density at radius 1 is 1.29 bits per heavy atom. The molecule has 0 spiro atoms. The van der Waals surface area contributed by atoms with Crippen LogP contribution in [0.1, 0.15) is 31.6 Å². The van der Waals surface area contributed by atoms with Gasteiger partial charge in [-0.1, -0.05) is 25.1 Å². The summed E-state index contributed by atoms with van der Waals surface area (Å²) in [5, 5.41) is 7.86. The van der Waals surface area contributed by atoms with Gasteiger partial charge in [0.2, 0.25) is 0 Å². The second-order valence-electron chi connectivity index (χ2n) is 6.24. The van der Waals surface area contributed by atoms with E-state index in [1.807, 2.05) is 18.2 Å². The number of furan rings is 1.